The molecule has 0 saturated carbocycles. The molecule has 1 atom stereocenters. The van der Waals surface area contributed by atoms with Crippen molar-refractivity contribution in [3.8, 4) is 0 Å². The lowest BCUT2D eigenvalue weighted by Gasteiger charge is -2.22. The van der Waals surface area contributed by atoms with E-state index in [1.54, 1.807) is 6.07 Å². The van der Waals surface area contributed by atoms with Crippen LogP contribution >= 0.6 is 11.6 Å². The van der Waals surface area contributed by atoms with Gasteiger partial charge in [-0.25, -0.2) is 0 Å². The van der Waals surface area contributed by atoms with Gasteiger partial charge in [-0.2, -0.15) is 0 Å². The monoisotopic (exact) mass is 298 g/mol. The van der Waals surface area contributed by atoms with E-state index < -0.39 is 4.92 Å². The highest BCUT2D eigenvalue weighted by atomic mass is 35.5. The van der Waals surface area contributed by atoms with Crippen LogP contribution in [0.2, 0.25) is 5.02 Å². The number of carbonyl (C=O) groups excluding carboxylic acids is 1. The van der Waals surface area contributed by atoms with Gasteiger partial charge in [-0.3, -0.25) is 19.8 Å². The van der Waals surface area contributed by atoms with Gasteiger partial charge in [0.15, 0.2) is 0 Å². The van der Waals surface area contributed by atoms with Gasteiger partial charge in [-0.05, 0) is 31.0 Å². The Morgan fingerprint density at radius 3 is 3.00 bits per heavy atom. The molecule has 6 nitrogen and oxygen atoms in total. The van der Waals surface area contributed by atoms with Gasteiger partial charge in [0.25, 0.3) is 5.69 Å². The molecule has 0 aromatic heterocycles. The van der Waals surface area contributed by atoms with Crippen LogP contribution in [-0.2, 0) is 16.1 Å². The highest BCUT2D eigenvalue weighted by Gasteiger charge is 2.31. The summed E-state index contributed by atoms with van der Waals surface area (Å²) in [5.41, 5.74) is 0.648. The maximum atomic E-state index is 11.7. The minimum absolute atomic E-state index is 0.113. The first-order valence-corrected chi connectivity index (χ1v) is 6.65. The molecule has 7 heteroatoms. The maximum absolute atomic E-state index is 11.7. The van der Waals surface area contributed by atoms with E-state index in [-0.39, 0.29) is 22.7 Å². The minimum atomic E-state index is -0.506. The maximum Gasteiger partial charge on any atom is 0.323 e. The molecule has 1 unspecified atom stereocenters. The Hall–Kier alpha value is -1.66. The Morgan fingerprint density at radius 2 is 2.35 bits per heavy atom. The molecule has 0 radical (unpaired) electrons. The molecule has 1 heterocycles. The van der Waals surface area contributed by atoms with Crippen LogP contribution in [-0.4, -0.2) is 35.5 Å². The number of esters is 1. The number of halogens is 1. The van der Waals surface area contributed by atoms with Crippen LogP contribution < -0.4 is 0 Å². The minimum Gasteiger partial charge on any atom is -0.468 e. The van der Waals surface area contributed by atoms with Gasteiger partial charge in [-0.1, -0.05) is 17.7 Å². The smallest absolute Gasteiger partial charge is 0.323 e. The summed E-state index contributed by atoms with van der Waals surface area (Å²) in [5.74, 6) is -0.258. The zero-order chi connectivity index (χ0) is 14.7. The second kappa shape index (κ2) is 6.19. The predicted molar refractivity (Wildman–Crippen MR) is 73.6 cm³/mol. The first-order chi connectivity index (χ1) is 9.52. The van der Waals surface area contributed by atoms with E-state index >= 15 is 0 Å². The third kappa shape index (κ3) is 3.08. The number of nitrogens with zero attached hydrogens (tertiary/aromatic N) is 2. The second-order valence-electron chi connectivity index (χ2n) is 4.69. The average molecular weight is 299 g/mol. The van der Waals surface area contributed by atoms with Crippen molar-refractivity contribution in [3.05, 3.63) is 38.9 Å². The van der Waals surface area contributed by atoms with Crippen molar-refractivity contribution in [2.24, 2.45) is 0 Å². The number of rotatable bonds is 4. The number of likely N-dealkylation sites (tertiary alicyclic amines) is 1. The van der Waals surface area contributed by atoms with Gasteiger partial charge in [0, 0.05) is 12.6 Å². The fourth-order valence-corrected chi connectivity index (χ4v) is 2.64. The highest BCUT2D eigenvalue weighted by molar-refractivity contribution is 6.32. The van der Waals surface area contributed by atoms with Crippen molar-refractivity contribution >= 4 is 23.3 Å². The Kier molecular flexibility index (Phi) is 4.57. The van der Waals surface area contributed by atoms with Crippen molar-refractivity contribution in [2.45, 2.75) is 25.4 Å². The Labute approximate surface area is 121 Å². The molecule has 0 aliphatic carbocycles. The molecule has 0 amide bonds. The van der Waals surface area contributed by atoms with Crippen LogP contribution in [0.15, 0.2) is 18.2 Å². The molecule has 0 bridgehead atoms. The van der Waals surface area contributed by atoms with Crippen molar-refractivity contribution < 1.29 is 14.5 Å². The van der Waals surface area contributed by atoms with Gasteiger partial charge < -0.3 is 4.74 Å². The normalized spacial score (nSPS) is 19.0. The third-order valence-electron chi connectivity index (χ3n) is 3.43. The molecule has 1 saturated heterocycles. The number of hydrogen-bond donors (Lipinski definition) is 0. The van der Waals surface area contributed by atoms with Gasteiger partial charge in [0.2, 0.25) is 0 Å². The standard InChI is InChI=1S/C13H15ClN2O4/c1-20-13(17)11-3-2-6-15(11)8-9-4-5-10(14)12(7-9)16(18)19/h4-5,7,11H,2-3,6,8H2,1H3. The molecule has 1 aliphatic rings. The fourth-order valence-electron chi connectivity index (χ4n) is 2.45. The number of nitro benzene ring substituents is 1. The number of methoxy groups -OCH3 is 1. The lowest BCUT2D eigenvalue weighted by atomic mass is 10.1. The predicted octanol–water partition coefficient (Wildman–Crippen LogP) is 2.39. The molecule has 1 fully saturated rings. The lowest BCUT2D eigenvalue weighted by molar-refractivity contribution is -0.384. The second-order valence-corrected chi connectivity index (χ2v) is 5.10. The topological polar surface area (TPSA) is 72.7 Å². The van der Waals surface area contributed by atoms with Crippen LogP contribution in [0.25, 0.3) is 0 Å². The first-order valence-electron chi connectivity index (χ1n) is 6.27. The van der Waals surface area contributed by atoms with Crippen LogP contribution in [0.4, 0.5) is 5.69 Å². The van der Waals surface area contributed by atoms with Crippen LogP contribution in [0.5, 0.6) is 0 Å². The first kappa shape index (κ1) is 14.7. The summed E-state index contributed by atoms with van der Waals surface area (Å²) in [6.07, 6.45) is 1.66. The van der Waals surface area contributed by atoms with Crippen molar-refractivity contribution in [1.82, 2.24) is 4.90 Å². The molecular weight excluding hydrogens is 284 g/mol. The van der Waals surface area contributed by atoms with E-state index in [1.807, 2.05) is 4.90 Å². The molecule has 108 valence electrons. The van der Waals surface area contributed by atoms with Gasteiger partial charge in [0.05, 0.1) is 12.0 Å². The number of ether oxygens (including phenoxy) is 1. The summed E-state index contributed by atoms with van der Waals surface area (Å²) in [6.45, 7) is 1.24. The summed E-state index contributed by atoms with van der Waals surface area (Å²) in [4.78, 5) is 24.0. The molecule has 0 N–H and O–H groups in total. The van der Waals surface area contributed by atoms with E-state index in [2.05, 4.69) is 0 Å². The molecule has 20 heavy (non-hydrogen) atoms. The van der Waals surface area contributed by atoms with Crippen molar-refractivity contribution in [1.29, 1.82) is 0 Å². The Bertz CT molecular complexity index is 535. The Balaban J connectivity index is 2.15. The Morgan fingerprint density at radius 1 is 1.60 bits per heavy atom. The van der Waals surface area contributed by atoms with E-state index in [4.69, 9.17) is 16.3 Å². The number of nitro groups is 1. The van der Waals surface area contributed by atoms with Crippen LogP contribution in [0.3, 0.4) is 0 Å². The number of benzene rings is 1. The molecule has 1 aliphatic heterocycles. The van der Waals surface area contributed by atoms with E-state index in [0.29, 0.717) is 6.54 Å². The summed E-state index contributed by atoms with van der Waals surface area (Å²) >= 11 is 5.78. The van der Waals surface area contributed by atoms with Gasteiger partial charge in [-0.15, -0.1) is 0 Å². The summed E-state index contributed by atoms with van der Waals surface area (Å²) in [5, 5.41) is 11.0. The molecule has 0 spiro atoms. The molecule has 1 aromatic rings. The van der Waals surface area contributed by atoms with E-state index in [9.17, 15) is 14.9 Å². The zero-order valence-corrected chi connectivity index (χ0v) is 11.8. The van der Waals surface area contributed by atoms with Crippen LogP contribution in [0.1, 0.15) is 18.4 Å². The third-order valence-corrected chi connectivity index (χ3v) is 3.75. The van der Waals surface area contributed by atoms with E-state index in [1.165, 1.54) is 19.2 Å². The largest absolute Gasteiger partial charge is 0.468 e. The van der Waals surface area contributed by atoms with Gasteiger partial charge in [0.1, 0.15) is 11.1 Å². The summed E-state index contributed by atoms with van der Waals surface area (Å²) < 4.78 is 4.77. The van der Waals surface area contributed by atoms with E-state index in [0.717, 1.165) is 24.9 Å². The molecule has 2 rings (SSSR count). The number of hydrogen-bond acceptors (Lipinski definition) is 5. The van der Waals surface area contributed by atoms with Gasteiger partial charge >= 0.3 is 5.97 Å². The summed E-state index contributed by atoms with van der Waals surface area (Å²) in [7, 11) is 1.37. The average Bonchev–Trinajstić information content (AvgIpc) is 2.88. The summed E-state index contributed by atoms with van der Waals surface area (Å²) in [6, 6.07) is 4.43. The molecular formula is C13H15ClN2O4. The fraction of sp³-hybridized carbons (Fsp3) is 0.462. The van der Waals surface area contributed by atoms with Crippen LogP contribution in [0, 0.1) is 10.1 Å². The van der Waals surface area contributed by atoms with Crippen molar-refractivity contribution in [3.63, 3.8) is 0 Å². The lowest BCUT2D eigenvalue weighted by Crippen LogP contribution is -2.36. The molecule has 1 aromatic carbocycles. The number of carbonyl (C=O) groups is 1. The SMILES string of the molecule is COC(=O)C1CCCN1Cc1ccc(Cl)c([N+](=O)[O-])c1. The quantitative estimate of drug-likeness (QED) is 0.485. The highest BCUT2D eigenvalue weighted by Crippen LogP contribution is 2.27. The zero-order valence-electron chi connectivity index (χ0n) is 11.0. The van der Waals surface area contributed by atoms with Crippen molar-refractivity contribution in [2.75, 3.05) is 13.7 Å².